The Morgan fingerprint density at radius 2 is 1.56 bits per heavy atom. The van der Waals surface area contributed by atoms with Crippen LogP contribution in [-0.2, 0) is 0 Å². The molecular weight excluding hydrogens is 196 g/mol. The third-order valence-corrected chi connectivity index (χ3v) is 1.90. The number of hydrogen-bond acceptors (Lipinski definition) is 2. The minimum atomic E-state index is 0.969. The van der Waals surface area contributed by atoms with Crippen LogP contribution in [0.2, 0.25) is 0 Å². The van der Waals surface area contributed by atoms with Crippen molar-refractivity contribution < 1.29 is 0 Å². The highest BCUT2D eigenvalue weighted by Gasteiger charge is 1.98. The summed E-state index contributed by atoms with van der Waals surface area (Å²) in [4.78, 5) is 8.69. The van der Waals surface area contributed by atoms with Gasteiger partial charge in [0.05, 0.1) is 16.7 Å². The molecule has 88 valence electrons. The van der Waals surface area contributed by atoms with Crippen LogP contribution < -0.4 is 0 Å². The van der Waals surface area contributed by atoms with Crippen LogP contribution in [-0.4, -0.2) is 9.97 Å². The van der Waals surface area contributed by atoms with Crippen molar-refractivity contribution in [3.8, 4) is 0 Å². The van der Waals surface area contributed by atoms with Gasteiger partial charge in [-0.25, -0.2) is 4.98 Å². The van der Waals surface area contributed by atoms with Gasteiger partial charge < -0.3 is 0 Å². The second kappa shape index (κ2) is 7.80. The topological polar surface area (TPSA) is 25.8 Å². The van der Waals surface area contributed by atoms with E-state index in [4.69, 9.17) is 0 Å². The van der Waals surface area contributed by atoms with E-state index in [1.54, 1.807) is 6.20 Å². The van der Waals surface area contributed by atoms with E-state index in [0.29, 0.717) is 0 Å². The minimum absolute atomic E-state index is 0.969. The molecular formula is C14H22N2. The lowest BCUT2D eigenvalue weighted by molar-refractivity contribution is 1.17. The van der Waals surface area contributed by atoms with Gasteiger partial charge in [-0.3, -0.25) is 4.98 Å². The summed E-state index contributed by atoms with van der Waals surface area (Å²) in [7, 11) is 0. The van der Waals surface area contributed by atoms with E-state index in [9.17, 15) is 0 Å². The maximum Gasteiger partial charge on any atom is 0.0919 e. The Morgan fingerprint density at radius 3 is 2.19 bits per heavy atom. The monoisotopic (exact) mass is 218 g/mol. The fraction of sp³-hybridized carbons (Fsp3) is 0.429. The van der Waals surface area contributed by atoms with Gasteiger partial charge in [0, 0.05) is 6.20 Å². The molecule has 0 bridgehead atoms. The standard InChI is InChI=1S/C10H10N2.2C2H6/c1-7-4-3-5-9-10(7)12-8(2)6-11-9;2*1-2/h3-6H,1-2H3;2*1-2H3. The Hall–Kier alpha value is -1.44. The summed E-state index contributed by atoms with van der Waals surface area (Å²) >= 11 is 0. The first-order valence-corrected chi connectivity index (χ1v) is 5.96. The molecule has 0 N–H and O–H groups in total. The molecule has 2 heteroatoms. The molecule has 2 nitrogen and oxygen atoms in total. The SMILES string of the molecule is CC.CC.Cc1cnc2cccc(C)c2n1. The van der Waals surface area contributed by atoms with Gasteiger partial charge >= 0.3 is 0 Å². The van der Waals surface area contributed by atoms with Crippen molar-refractivity contribution in [2.45, 2.75) is 41.5 Å². The molecule has 0 aliphatic rings. The molecule has 0 atom stereocenters. The van der Waals surface area contributed by atoms with E-state index in [-0.39, 0.29) is 0 Å². The maximum atomic E-state index is 4.41. The van der Waals surface area contributed by atoms with Crippen LogP contribution in [0.3, 0.4) is 0 Å². The maximum absolute atomic E-state index is 4.41. The molecule has 2 aromatic rings. The molecule has 0 unspecified atom stereocenters. The van der Waals surface area contributed by atoms with E-state index in [2.05, 4.69) is 23.0 Å². The molecule has 16 heavy (non-hydrogen) atoms. The third kappa shape index (κ3) is 3.61. The number of aromatic nitrogens is 2. The number of fused-ring (bicyclic) bond motifs is 1. The molecule has 2 rings (SSSR count). The summed E-state index contributed by atoms with van der Waals surface area (Å²) in [5.74, 6) is 0. The smallest absolute Gasteiger partial charge is 0.0919 e. The van der Waals surface area contributed by atoms with Gasteiger partial charge in [0.25, 0.3) is 0 Å². The van der Waals surface area contributed by atoms with E-state index in [1.165, 1.54) is 5.56 Å². The van der Waals surface area contributed by atoms with Crippen LogP contribution in [0.25, 0.3) is 11.0 Å². The lowest BCUT2D eigenvalue weighted by Gasteiger charge is -1.99. The normalized spacial score (nSPS) is 8.62. The zero-order valence-corrected chi connectivity index (χ0v) is 11.2. The lowest BCUT2D eigenvalue weighted by atomic mass is 10.2. The second-order valence-electron chi connectivity index (χ2n) is 2.95. The summed E-state index contributed by atoms with van der Waals surface area (Å²) in [6.07, 6.45) is 1.79. The van der Waals surface area contributed by atoms with E-state index in [1.807, 2.05) is 46.8 Å². The molecule has 1 aromatic heterocycles. The van der Waals surface area contributed by atoms with Gasteiger partial charge in [-0.05, 0) is 25.5 Å². The number of benzene rings is 1. The molecule has 0 amide bonds. The van der Waals surface area contributed by atoms with Crippen molar-refractivity contribution in [3.63, 3.8) is 0 Å². The number of rotatable bonds is 0. The molecule has 0 saturated carbocycles. The Kier molecular flexibility index (Phi) is 7.10. The molecule has 0 radical (unpaired) electrons. The Labute approximate surface area is 98.8 Å². The van der Waals surface area contributed by atoms with Crippen molar-refractivity contribution in [1.82, 2.24) is 9.97 Å². The first-order chi connectivity index (χ1) is 7.77. The summed E-state index contributed by atoms with van der Waals surface area (Å²) in [5.41, 5.74) is 4.14. The average molecular weight is 218 g/mol. The highest BCUT2D eigenvalue weighted by Crippen LogP contribution is 2.12. The summed E-state index contributed by atoms with van der Waals surface area (Å²) < 4.78 is 0. The predicted molar refractivity (Wildman–Crippen MR) is 71.7 cm³/mol. The number of para-hydroxylation sites is 1. The highest BCUT2D eigenvalue weighted by atomic mass is 14.8. The van der Waals surface area contributed by atoms with Crippen LogP contribution in [0.5, 0.6) is 0 Å². The molecule has 0 saturated heterocycles. The number of nitrogens with zero attached hydrogens (tertiary/aromatic N) is 2. The largest absolute Gasteiger partial charge is 0.253 e. The molecule has 0 fully saturated rings. The zero-order valence-electron chi connectivity index (χ0n) is 11.2. The van der Waals surface area contributed by atoms with Crippen molar-refractivity contribution in [1.29, 1.82) is 0 Å². The van der Waals surface area contributed by atoms with Gasteiger partial charge in [-0.15, -0.1) is 0 Å². The van der Waals surface area contributed by atoms with Crippen molar-refractivity contribution in [2.24, 2.45) is 0 Å². The number of aryl methyl sites for hydroxylation is 2. The molecule has 0 spiro atoms. The van der Waals surface area contributed by atoms with E-state index in [0.717, 1.165) is 16.7 Å². The summed E-state index contributed by atoms with van der Waals surface area (Å²) in [6.45, 7) is 12.0. The van der Waals surface area contributed by atoms with Crippen molar-refractivity contribution in [3.05, 3.63) is 35.7 Å². The second-order valence-corrected chi connectivity index (χ2v) is 2.95. The van der Waals surface area contributed by atoms with E-state index < -0.39 is 0 Å². The Balaban J connectivity index is 0.000000509. The Bertz CT molecular complexity index is 422. The summed E-state index contributed by atoms with van der Waals surface area (Å²) in [6, 6.07) is 6.03. The highest BCUT2D eigenvalue weighted by molar-refractivity contribution is 5.77. The third-order valence-electron chi connectivity index (χ3n) is 1.90. The van der Waals surface area contributed by atoms with Crippen LogP contribution in [0.4, 0.5) is 0 Å². The van der Waals surface area contributed by atoms with Gasteiger partial charge in [-0.1, -0.05) is 39.8 Å². The van der Waals surface area contributed by atoms with Crippen LogP contribution in [0.15, 0.2) is 24.4 Å². The van der Waals surface area contributed by atoms with Gasteiger partial charge in [0.1, 0.15) is 0 Å². The van der Waals surface area contributed by atoms with Crippen LogP contribution in [0.1, 0.15) is 39.0 Å². The van der Waals surface area contributed by atoms with Gasteiger partial charge in [-0.2, -0.15) is 0 Å². The first-order valence-electron chi connectivity index (χ1n) is 5.96. The molecule has 1 aromatic carbocycles. The average Bonchev–Trinajstić information content (AvgIpc) is 2.35. The summed E-state index contributed by atoms with van der Waals surface area (Å²) in [5, 5.41) is 0. The van der Waals surface area contributed by atoms with Crippen molar-refractivity contribution in [2.75, 3.05) is 0 Å². The quantitative estimate of drug-likeness (QED) is 0.659. The fourth-order valence-corrected chi connectivity index (χ4v) is 1.26. The van der Waals surface area contributed by atoms with Crippen LogP contribution in [0, 0.1) is 13.8 Å². The molecule has 0 aliphatic heterocycles. The van der Waals surface area contributed by atoms with E-state index >= 15 is 0 Å². The lowest BCUT2D eigenvalue weighted by Crippen LogP contribution is -1.88. The van der Waals surface area contributed by atoms with Crippen molar-refractivity contribution >= 4 is 11.0 Å². The first kappa shape index (κ1) is 14.6. The molecule has 0 aliphatic carbocycles. The number of hydrogen-bond donors (Lipinski definition) is 0. The van der Waals surface area contributed by atoms with Gasteiger partial charge in [0.2, 0.25) is 0 Å². The fourth-order valence-electron chi connectivity index (χ4n) is 1.26. The van der Waals surface area contributed by atoms with Gasteiger partial charge in [0.15, 0.2) is 0 Å². The zero-order chi connectivity index (χ0) is 12.6. The Morgan fingerprint density at radius 1 is 0.938 bits per heavy atom. The minimum Gasteiger partial charge on any atom is -0.253 e. The van der Waals surface area contributed by atoms with Crippen LogP contribution >= 0.6 is 0 Å². The molecule has 1 heterocycles. The predicted octanol–water partition coefficient (Wildman–Crippen LogP) is 4.30.